The summed E-state index contributed by atoms with van der Waals surface area (Å²) in [6, 6.07) is 13.8. The molecule has 1 amide bonds. The van der Waals surface area contributed by atoms with Crippen LogP contribution in [0.4, 0.5) is 11.5 Å². The number of ether oxygens (including phenoxy) is 1. The molecular formula is C22H24N4O2. The average Bonchev–Trinajstić information content (AvgIpc) is 2.72. The Labute approximate surface area is 165 Å². The van der Waals surface area contributed by atoms with Crippen molar-refractivity contribution in [3.63, 3.8) is 0 Å². The molecule has 2 N–H and O–H groups in total. The van der Waals surface area contributed by atoms with Crippen LogP contribution in [0.1, 0.15) is 27.2 Å². The van der Waals surface area contributed by atoms with Crippen LogP contribution in [0.2, 0.25) is 0 Å². The zero-order chi connectivity index (χ0) is 19.9. The summed E-state index contributed by atoms with van der Waals surface area (Å²) in [7, 11) is 1.65. The first kappa shape index (κ1) is 19.4. The third-order valence-corrected chi connectivity index (χ3v) is 4.48. The molecule has 1 heterocycles. The number of aromatic nitrogens is 2. The fraction of sp³-hybridized carbons (Fsp3) is 0.227. The number of rotatable bonds is 7. The summed E-state index contributed by atoms with van der Waals surface area (Å²) in [5, 5.41) is 6.14. The SMILES string of the molecule is COc1ccc(CCNc2cnc(C(=O)Nc3c(C)cccc3C)cn2)cc1. The van der Waals surface area contributed by atoms with E-state index in [1.807, 2.05) is 56.3 Å². The van der Waals surface area contributed by atoms with Crippen LogP contribution in [0, 0.1) is 13.8 Å². The first-order chi connectivity index (χ1) is 13.6. The predicted octanol–water partition coefficient (Wildman–Crippen LogP) is 4.01. The molecule has 3 aromatic rings. The van der Waals surface area contributed by atoms with Gasteiger partial charge in [0.2, 0.25) is 0 Å². The van der Waals surface area contributed by atoms with Crippen LogP contribution in [-0.4, -0.2) is 29.5 Å². The van der Waals surface area contributed by atoms with Crippen LogP contribution < -0.4 is 15.4 Å². The second kappa shape index (κ2) is 8.99. The summed E-state index contributed by atoms with van der Waals surface area (Å²) in [6.45, 7) is 4.64. The lowest BCUT2D eigenvalue weighted by Crippen LogP contribution is -2.16. The minimum Gasteiger partial charge on any atom is -0.497 e. The van der Waals surface area contributed by atoms with Gasteiger partial charge in [-0.25, -0.2) is 9.97 Å². The van der Waals surface area contributed by atoms with Gasteiger partial charge >= 0.3 is 0 Å². The number of benzene rings is 2. The molecule has 0 aliphatic rings. The number of aryl methyl sites for hydroxylation is 2. The van der Waals surface area contributed by atoms with E-state index < -0.39 is 0 Å². The standard InChI is InChI=1S/C22H24N4O2/c1-15-5-4-6-16(2)21(15)26-22(27)19-13-25-20(14-24-19)23-12-11-17-7-9-18(28-3)10-8-17/h4-10,13-14H,11-12H2,1-3H3,(H,23,25)(H,26,27). The van der Waals surface area contributed by atoms with E-state index in [0.29, 0.717) is 5.82 Å². The highest BCUT2D eigenvalue weighted by Crippen LogP contribution is 2.20. The minimum atomic E-state index is -0.269. The molecule has 0 fully saturated rings. The third kappa shape index (κ3) is 4.85. The molecule has 3 rings (SSSR count). The van der Waals surface area contributed by atoms with E-state index in [1.54, 1.807) is 13.3 Å². The van der Waals surface area contributed by atoms with Gasteiger partial charge in [-0.15, -0.1) is 0 Å². The van der Waals surface area contributed by atoms with Crippen molar-refractivity contribution in [2.24, 2.45) is 0 Å². The zero-order valence-corrected chi connectivity index (χ0v) is 16.3. The van der Waals surface area contributed by atoms with Crippen molar-refractivity contribution in [3.8, 4) is 5.75 Å². The highest BCUT2D eigenvalue weighted by Gasteiger charge is 2.11. The molecule has 0 saturated carbocycles. The molecular weight excluding hydrogens is 352 g/mol. The highest BCUT2D eigenvalue weighted by atomic mass is 16.5. The Morgan fingerprint density at radius 1 is 1.00 bits per heavy atom. The average molecular weight is 376 g/mol. The minimum absolute atomic E-state index is 0.269. The van der Waals surface area contributed by atoms with Gasteiger partial charge in [0, 0.05) is 12.2 Å². The number of para-hydroxylation sites is 1. The van der Waals surface area contributed by atoms with Crippen molar-refractivity contribution >= 4 is 17.4 Å². The lowest BCUT2D eigenvalue weighted by atomic mass is 10.1. The van der Waals surface area contributed by atoms with Gasteiger partial charge in [-0.1, -0.05) is 30.3 Å². The fourth-order valence-electron chi connectivity index (χ4n) is 2.85. The smallest absolute Gasteiger partial charge is 0.275 e. The molecule has 1 aromatic heterocycles. The van der Waals surface area contributed by atoms with Crippen LogP contribution in [0.5, 0.6) is 5.75 Å². The molecule has 0 unspecified atom stereocenters. The van der Waals surface area contributed by atoms with Crippen molar-refractivity contribution in [2.45, 2.75) is 20.3 Å². The van der Waals surface area contributed by atoms with Gasteiger partial charge in [-0.3, -0.25) is 4.79 Å². The molecule has 6 heteroatoms. The van der Waals surface area contributed by atoms with Gasteiger partial charge in [0.15, 0.2) is 0 Å². The summed E-state index contributed by atoms with van der Waals surface area (Å²) < 4.78 is 5.16. The molecule has 6 nitrogen and oxygen atoms in total. The van der Waals surface area contributed by atoms with Crippen LogP contribution in [0.15, 0.2) is 54.9 Å². The fourth-order valence-corrected chi connectivity index (χ4v) is 2.85. The van der Waals surface area contributed by atoms with Gasteiger partial charge in [-0.2, -0.15) is 0 Å². The zero-order valence-electron chi connectivity index (χ0n) is 16.3. The Bertz CT molecular complexity index is 918. The van der Waals surface area contributed by atoms with E-state index >= 15 is 0 Å². The maximum absolute atomic E-state index is 12.4. The maximum atomic E-state index is 12.4. The van der Waals surface area contributed by atoms with Gasteiger partial charge in [0.05, 0.1) is 19.5 Å². The summed E-state index contributed by atoms with van der Waals surface area (Å²) in [5.74, 6) is 1.21. The summed E-state index contributed by atoms with van der Waals surface area (Å²) in [4.78, 5) is 21.0. The Balaban J connectivity index is 1.54. The quantitative estimate of drug-likeness (QED) is 0.652. The number of nitrogens with zero attached hydrogens (tertiary/aromatic N) is 2. The molecule has 0 bridgehead atoms. The second-order valence-electron chi connectivity index (χ2n) is 6.53. The number of amides is 1. The molecule has 0 spiro atoms. The predicted molar refractivity (Wildman–Crippen MR) is 111 cm³/mol. The van der Waals surface area contributed by atoms with E-state index in [0.717, 1.165) is 35.5 Å². The van der Waals surface area contributed by atoms with Crippen LogP contribution in [-0.2, 0) is 6.42 Å². The number of carbonyl (C=O) groups is 1. The van der Waals surface area contributed by atoms with Crippen molar-refractivity contribution in [1.29, 1.82) is 0 Å². The number of nitrogens with one attached hydrogen (secondary N) is 2. The van der Waals surface area contributed by atoms with Crippen molar-refractivity contribution in [1.82, 2.24) is 9.97 Å². The van der Waals surface area contributed by atoms with E-state index in [4.69, 9.17) is 4.74 Å². The van der Waals surface area contributed by atoms with Gasteiger partial charge in [-0.05, 0) is 49.1 Å². The Morgan fingerprint density at radius 3 is 2.32 bits per heavy atom. The van der Waals surface area contributed by atoms with Crippen LogP contribution in [0.25, 0.3) is 0 Å². The first-order valence-electron chi connectivity index (χ1n) is 9.13. The molecule has 0 aliphatic heterocycles. The molecule has 28 heavy (non-hydrogen) atoms. The van der Waals surface area contributed by atoms with Gasteiger partial charge in [0.25, 0.3) is 5.91 Å². The Morgan fingerprint density at radius 2 is 1.71 bits per heavy atom. The van der Waals surface area contributed by atoms with Crippen molar-refractivity contribution in [3.05, 3.63) is 77.2 Å². The number of hydrogen-bond acceptors (Lipinski definition) is 5. The Hall–Kier alpha value is -3.41. The largest absolute Gasteiger partial charge is 0.497 e. The molecule has 0 atom stereocenters. The van der Waals surface area contributed by atoms with Crippen LogP contribution >= 0.6 is 0 Å². The number of carbonyl (C=O) groups excluding carboxylic acids is 1. The van der Waals surface area contributed by atoms with E-state index in [1.165, 1.54) is 11.8 Å². The monoisotopic (exact) mass is 376 g/mol. The normalized spacial score (nSPS) is 10.4. The van der Waals surface area contributed by atoms with Gasteiger partial charge < -0.3 is 15.4 Å². The molecule has 0 aliphatic carbocycles. The lowest BCUT2D eigenvalue weighted by molar-refractivity contribution is 0.102. The number of hydrogen-bond donors (Lipinski definition) is 2. The van der Waals surface area contributed by atoms with Crippen LogP contribution in [0.3, 0.4) is 0 Å². The summed E-state index contributed by atoms with van der Waals surface area (Å²) in [5.41, 5.74) is 4.32. The molecule has 0 radical (unpaired) electrons. The van der Waals surface area contributed by atoms with Crippen molar-refractivity contribution in [2.75, 3.05) is 24.3 Å². The maximum Gasteiger partial charge on any atom is 0.275 e. The van der Waals surface area contributed by atoms with E-state index in [-0.39, 0.29) is 11.6 Å². The van der Waals surface area contributed by atoms with Gasteiger partial charge in [0.1, 0.15) is 17.3 Å². The topological polar surface area (TPSA) is 76.1 Å². The Kier molecular flexibility index (Phi) is 6.22. The highest BCUT2D eigenvalue weighted by molar-refractivity contribution is 6.03. The number of methoxy groups -OCH3 is 1. The third-order valence-electron chi connectivity index (χ3n) is 4.48. The van der Waals surface area contributed by atoms with Crippen molar-refractivity contribution < 1.29 is 9.53 Å². The molecule has 2 aromatic carbocycles. The first-order valence-corrected chi connectivity index (χ1v) is 9.13. The van der Waals surface area contributed by atoms with E-state index in [9.17, 15) is 4.79 Å². The summed E-state index contributed by atoms with van der Waals surface area (Å²) in [6.07, 6.45) is 3.91. The summed E-state index contributed by atoms with van der Waals surface area (Å²) >= 11 is 0. The molecule has 144 valence electrons. The van der Waals surface area contributed by atoms with E-state index in [2.05, 4.69) is 20.6 Å². The lowest BCUT2D eigenvalue weighted by Gasteiger charge is -2.11. The number of anilines is 2. The second-order valence-corrected chi connectivity index (χ2v) is 6.53. The molecule has 0 saturated heterocycles.